The van der Waals surface area contributed by atoms with Crippen LogP contribution in [0.5, 0.6) is 0 Å². The summed E-state index contributed by atoms with van der Waals surface area (Å²) < 4.78 is 41.2. The number of benzene rings is 1. The smallest absolute Gasteiger partial charge is 0.254 e. The molecular formula is C18H21FN2O3S2. The van der Waals surface area contributed by atoms with E-state index in [1.165, 1.54) is 21.7 Å². The standard InChI is InChI=1S/C18H21FN2O3S2/c1-13-4-2-8-21(12-13)26(23,24)15-6-7-17(19)16(10-15)18(22)20-11-14-5-3-9-25-14/h3,5-7,9-10,13H,2,4,8,11-12H2,1H3,(H,20,22)/t13-/m1/s1. The Bertz CT molecular complexity index is 882. The number of hydrogen-bond acceptors (Lipinski definition) is 4. The molecule has 0 bridgehead atoms. The molecule has 2 heterocycles. The Morgan fingerprint density at radius 3 is 2.88 bits per heavy atom. The van der Waals surface area contributed by atoms with Crippen molar-refractivity contribution in [3.8, 4) is 0 Å². The van der Waals surface area contributed by atoms with Crippen molar-refractivity contribution in [1.29, 1.82) is 0 Å². The predicted octanol–water partition coefficient (Wildman–Crippen LogP) is 3.24. The highest BCUT2D eigenvalue weighted by atomic mass is 32.2. The first-order chi connectivity index (χ1) is 12.4. The first-order valence-electron chi connectivity index (χ1n) is 8.48. The molecule has 1 aliphatic rings. The van der Waals surface area contributed by atoms with E-state index < -0.39 is 21.7 Å². The van der Waals surface area contributed by atoms with E-state index in [1.54, 1.807) is 0 Å². The van der Waals surface area contributed by atoms with Crippen molar-refractivity contribution >= 4 is 27.3 Å². The Hall–Kier alpha value is -1.77. The van der Waals surface area contributed by atoms with Gasteiger partial charge in [0.1, 0.15) is 5.82 Å². The normalized spacial score (nSPS) is 18.6. The van der Waals surface area contributed by atoms with E-state index in [-0.39, 0.29) is 22.9 Å². The molecule has 1 atom stereocenters. The van der Waals surface area contributed by atoms with Crippen molar-refractivity contribution in [2.24, 2.45) is 5.92 Å². The zero-order valence-electron chi connectivity index (χ0n) is 14.4. The Balaban J connectivity index is 1.81. The van der Waals surface area contributed by atoms with Crippen molar-refractivity contribution in [1.82, 2.24) is 9.62 Å². The van der Waals surface area contributed by atoms with Crippen molar-refractivity contribution in [3.05, 3.63) is 52.0 Å². The third kappa shape index (κ3) is 4.13. The summed E-state index contributed by atoms with van der Waals surface area (Å²) in [7, 11) is -3.74. The zero-order valence-corrected chi connectivity index (χ0v) is 16.1. The molecule has 1 aliphatic heterocycles. The number of nitrogens with one attached hydrogen (secondary N) is 1. The summed E-state index contributed by atoms with van der Waals surface area (Å²) in [6, 6.07) is 7.12. The molecule has 0 radical (unpaired) electrons. The molecule has 1 aromatic heterocycles. The van der Waals surface area contributed by atoms with E-state index in [0.717, 1.165) is 29.9 Å². The van der Waals surface area contributed by atoms with Gasteiger partial charge in [0.2, 0.25) is 10.0 Å². The average molecular weight is 397 g/mol. The van der Waals surface area contributed by atoms with Crippen LogP contribution in [0, 0.1) is 11.7 Å². The summed E-state index contributed by atoms with van der Waals surface area (Å²) in [6.45, 7) is 3.18. The first-order valence-corrected chi connectivity index (χ1v) is 10.8. The lowest BCUT2D eigenvalue weighted by Crippen LogP contribution is -2.39. The van der Waals surface area contributed by atoms with Crippen LogP contribution in [0.2, 0.25) is 0 Å². The van der Waals surface area contributed by atoms with Crippen LogP contribution in [0.25, 0.3) is 0 Å². The highest BCUT2D eigenvalue weighted by Crippen LogP contribution is 2.25. The number of carbonyl (C=O) groups is 1. The summed E-state index contributed by atoms with van der Waals surface area (Å²) in [4.78, 5) is 13.2. The van der Waals surface area contributed by atoms with Crippen LogP contribution in [-0.4, -0.2) is 31.7 Å². The Labute approximate surface area is 156 Å². The van der Waals surface area contributed by atoms with Crippen molar-refractivity contribution in [3.63, 3.8) is 0 Å². The second-order valence-corrected chi connectivity index (χ2v) is 9.48. The molecule has 3 rings (SSSR count). The molecule has 0 aliphatic carbocycles. The number of rotatable bonds is 5. The van der Waals surface area contributed by atoms with Gasteiger partial charge < -0.3 is 5.32 Å². The summed E-state index contributed by atoms with van der Waals surface area (Å²) in [6.07, 6.45) is 1.79. The van der Waals surface area contributed by atoms with Crippen LogP contribution < -0.4 is 5.32 Å². The van der Waals surface area contributed by atoms with Gasteiger partial charge in [0, 0.05) is 18.0 Å². The van der Waals surface area contributed by atoms with Gasteiger partial charge in [0.25, 0.3) is 5.91 Å². The lowest BCUT2D eigenvalue weighted by Gasteiger charge is -2.30. The molecule has 1 saturated heterocycles. The molecular weight excluding hydrogens is 375 g/mol. The molecule has 0 saturated carbocycles. The Morgan fingerprint density at radius 2 is 2.19 bits per heavy atom. The maximum atomic E-state index is 14.1. The molecule has 1 fully saturated rings. The minimum atomic E-state index is -3.74. The van der Waals surface area contributed by atoms with Crippen molar-refractivity contribution < 1.29 is 17.6 Å². The molecule has 8 heteroatoms. The number of halogens is 1. The molecule has 1 aromatic carbocycles. The van der Waals surface area contributed by atoms with Crippen LogP contribution >= 0.6 is 11.3 Å². The molecule has 26 heavy (non-hydrogen) atoms. The van der Waals surface area contributed by atoms with E-state index in [1.807, 2.05) is 24.4 Å². The molecule has 2 aromatic rings. The van der Waals surface area contributed by atoms with Gasteiger partial charge >= 0.3 is 0 Å². The van der Waals surface area contributed by atoms with Gasteiger partial charge in [0.15, 0.2) is 0 Å². The van der Waals surface area contributed by atoms with E-state index in [2.05, 4.69) is 5.32 Å². The van der Waals surface area contributed by atoms with Gasteiger partial charge in [-0.2, -0.15) is 4.31 Å². The third-order valence-electron chi connectivity index (χ3n) is 4.44. The van der Waals surface area contributed by atoms with Crippen LogP contribution in [0.15, 0.2) is 40.6 Å². The highest BCUT2D eigenvalue weighted by molar-refractivity contribution is 7.89. The van der Waals surface area contributed by atoms with E-state index in [0.29, 0.717) is 13.1 Å². The second-order valence-electron chi connectivity index (χ2n) is 6.51. The fourth-order valence-corrected chi connectivity index (χ4v) is 5.30. The summed E-state index contributed by atoms with van der Waals surface area (Å²) in [5, 5.41) is 4.51. The number of carbonyl (C=O) groups excluding carboxylic acids is 1. The summed E-state index contributed by atoms with van der Waals surface area (Å²) >= 11 is 1.48. The largest absolute Gasteiger partial charge is 0.347 e. The Kier molecular flexibility index (Phi) is 5.74. The minimum Gasteiger partial charge on any atom is -0.347 e. The maximum absolute atomic E-state index is 14.1. The van der Waals surface area contributed by atoms with Crippen molar-refractivity contribution in [2.45, 2.75) is 31.2 Å². The predicted molar refractivity (Wildman–Crippen MR) is 99.0 cm³/mol. The SMILES string of the molecule is C[C@@H]1CCCN(S(=O)(=O)c2ccc(F)c(C(=O)NCc3cccs3)c2)C1. The molecule has 0 unspecified atom stereocenters. The van der Waals surface area contributed by atoms with Gasteiger partial charge in [0.05, 0.1) is 17.0 Å². The maximum Gasteiger partial charge on any atom is 0.254 e. The molecule has 140 valence electrons. The quantitative estimate of drug-likeness (QED) is 0.844. The number of sulfonamides is 1. The van der Waals surface area contributed by atoms with E-state index in [4.69, 9.17) is 0 Å². The van der Waals surface area contributed by atoms with Crippen molar-refractivity contribution in [2.75, 3.05) is 13.1 Å². The van der Waals surface area contributed by atoms with Gasteiger partial charge in [-0.15, -0.1) is 11.3 Å². The van der Waals surface area contributed by atoms with Crippen LogP contribution in [0.1, 0.15) is 35.0 Å². The lowest BCUT2D eigenvalue weighted by molar-refractivity contribution is 0.0947. The van der Waals surface area contributed by atoms with Crippen LogP contribution in [0.4, 0.5) is 4.39 Å². The monoisotopic (exact) mass is 396 g/mol. The minimum absolute atomic E-state index is 0.0470. The summed E-state index contributed by atoms with van der Waals surface area (Å²) in [5.41, 5.74) is -0.257. The third-order valence-corrected chi connectivity index (χ3v) is 7.18. The lowest BCUT2D eigenvalue weighted by atomic mass is 10.0. The Morgan fingerprint density at radius 1 is 1.38 bits per heavy atom. The van der Waals surface area contributed by atoms with Gasteiger partial charge in [-0.1, -0.05) is 13.0 Å². The van der Waals surface area contributed by atoms with Gasteiger partial charge in [-0.05, 0) is 48.4 Å². The topological polar surface area (TPSA) is 66.5 Å². The number of thiophene rings is 1. The molecule has 0 spiro atoms. The average Bonchev–Trinajstić information content (AvgIpc) is 3.13. The van der Waals surface area contributed by atoms with Crippen LogP contribution in [-0.2, 0) is 16.6 Å². The number of amides is 1. The number of hydrogen-bond donors (Lipinski definition) is 1. The fraction of sp³-hybridized carbons (Fsp3) is 0.389. The van der Waals surface area contributed by atoms with E-state index >= 15 is 0 Å². The van der Waals surface area contributed by atoms with Gasteiger partial charge in [-0.25, -0.2) is 12.8 Å². The fourth-order valence-electron chi connectivity index (χ4n) is 3.03. The molecule has 5 nitrogen and oxygen atoms in total. The second kappa shape index (κ2) is 7.85. The molecule has 1 N–H and O–H groups in total. The highest BCUT2D eigenvalue weighted by Gasteiger charge is 2.29. The number of nitrogens with zero attached hydrogens (tertiary/aromatic N) is 1. The zero-order chi connectivity index (χ0) is 18.7. The first kappa shape index (κ1) is 19.0. The van der Waals surface area contributed by atoms with Gasteiger partial charge in [-0.3, -0.25) is 4.79 Å². The summed E-state index contributed by atoms with van der Waals surface area (Å²) in [5.74, 6) is -1.08. The number of piperidine rings is 1. The molecule has 1 amide bonds. The van der Waals surface area contributed by atoms with Crippen LogP contribution in [0.3, 0.4) is 0 Å². The van der Waals surface area contributed by atoms with E-state index in [9.17, 15) is 17.6 Å².